The van der Waals surface area contributed by atoms with Crippen molar-refractivity contribution in [2.24, 2.45) is 0 Å². The number of hydrogen-bond acceptors (Lipinski definition) is 3. The van der Waals surface area contributed by atoms with E-state index in [2.05, 4.69) is 0 Å². The summed E-state index contributed by atoms with van der Waals surface area (Å²) in [4.78, 5) is 11.4. The van der Waals surface area contributed by atoms with Gasteiger partial charge < -0.3 is 9.84 Å². The molecule has 0 fully saturated rings. The molecule has 0 atom stereocenters. The van der Waals surface area contributed by atoms with Crippen LogP contribution in [0.25, 0.3) is 0 Å². The first-order valence-electron chi connectivity index (χ1n) is 4.65. The molecule has 1 N–H and O–H groups in total. The van der Waals surface area contributed by atoms with Gasteiger partial charge in [-0.25, -0.2) is 4.79 Å². The quantitative estimate of drug-likeness (QED) is 0.612. The van der Waals surface area contributed by atoms with Gasteiger partial charge in [0.2, 0.25) is 0 Å². The van der Waals surface area contributed by atoms with Crippen LogP contribution in [-0.4, -0.2) is 47.2 Å². The summed E-state index contributed by atoms with van der Waals surface area (Å²) >= 11 is 0. The Balaban J connectivity index is 0.00000196. The standard InChI is InChI=1S/C11H14O3.Na/c1-2-7-14-11(13)10-6-4-3-5-9(10)8-12;/h3-6,12H,2,7-8H2,1H3;. The number of hydrogen-bond donors (Lipinski definition) is 1. The normalized spacial score (nSPS) is 9.20. The van der Waals surface area contributed by atoms with Crippen LogP contribution in [0.15, 0.2) is 24.3 Å². The van der Waals surface area contributed by atoms with Gasteiger partial charge in [-0.05, 0) is 18.1 Å². The molecule has 1 rings (SSSR count). The minimum absolute atomic E-state index is 0. The molecule has 77 valence electrons. The van der Waals surface area contributed by atoms with Crippen LogP contribution >= 0.6 is 0 Å². The summed E-state index contributed by atoms with van der Waals surface area (Å²) in [5, 5.41) is 8.98. The first-order chi connectivity index (χ1) is 6.79. The van der Waals surface area contributed by atoms with Crippen LogP contribution in [0, 0.1) is 0 Å². The Hall–Kier alpha value is -0.350. The molecular weight excluding hydrogens is 203 g/mol. The molecule has 1 aromatic carbocycles. The van der Waals surface area contributed by atoms with Crippen LogP contribution in [-0.2, 0) is 11.3 Å². The Morgan fingerprint density at radius 3 is 2.67 bits per heavy atom. The number of carbonyl (C=O) groups excluding carboxylic acids is 1. The second-order valence-corrected chi connectivity index (χ2v) is 2.95. The van der Waals surface area contributed by atoms with Gasteiger partial charge in [0, 0.05) is 29.6 Å². The van der Waals surface area contributed by atoms with Gasteiger partial charge in [0.25, 0.3) is 0 Å². The minimum atomic E-state index is -0.364. The summed E-state index contributed by atoms with van der Waals surface area (Å²) in [6.07, 6.45) is 0.799. The van der Waals surface area contributed by atoms with E-state index in [0.717, 1.165) is 6.42 Å². The second-order valence-electron chi connectivity index (χ2n) is 2.95. The van der Waals surface area contributed by atoms with Crippen LogP contribution in [0.1, 0.15) is 29.3 Å². The molecular formula is C11H14NaO3. The third kappa shape index (κ3) is 4.34. The van der Waals surface area contributed by atoms with Gasteiger partial charge in [0.15, 0.2) is 0 Å². The summed E-state index contributed by atoms with van der Waals surface area (Å²) in [5.41, 5.74) is 1.05. The van der Waals surface area contributed by atoms with Crippen molar-refractivity contribution in [3.05, 3.63) is 35.4 Å². The van der Waals surface area contributed by atoms with E-state index >= 15 is 0 Å². The van der Waals surface area contributed by atoms with E-state index in [1.54, 1.807) is 24.3 Å². The largest absolute Gasteiger partial charge is 0.462 e. The van der Waals surface area contributed by atoms with Gasteiger partial charge in [-0.2, -0.15) is 0 Å². The van der Waals surface area contributed by atoms with E-state index in [9.17, 15) is 4.79 Å². The summed E-state index contributed by atoms with van der Waals surface area (Å²) in [6, 6.07) is 6.90. The first-order valence-corrected chi connectivity index (χ1v) is 4.65. The molecule has 0 amide bonds. The Labute approximate surface area is 112 Å². The Morgan fingerprint density at radius 2 is 2.07 bits per heavy atom. The third-order valence-corrected chi connectivity index (χ3v) is 1.84. The number of benzene rings is 1. The fourth-order valence-corrected chi connectivity index (χ4v) is 1.13. The maximum atomic E-state index is 11.4. The SMILES string of the molecule is CCCOC(=O)c1ccccc1CO.[Na]. The van der Waals surface area contributed by atoms with Crippen LogP contribution in [0.3, 0.4) is 0 Å². The summed E-state index contributed by atoms with van der Waals surface area (Å²) < 4.78 is 4.97. The van der Waals surface area contributed by atoms with Gasteiger partial charge in [-0.3, -0.25) is 0 Å². The van der Waals surface area contributed by atoms with Crippen molar-refractivity contribution < 1.29 is 14.6 Å². The van der Waals surface area contributed by atoms with Crippen molar-refractivity contribution in [1.29, 1.82) is 0 Å². The van der Waals surface area contributed by atoms with Crippen LogP contribution in [0.2, 0.25) is 0 Å². The van der Waals surface area contributed by atoms with Gasteiger partial charge in [0.1, 0.15) is 0 Å². The van der Waals surface area contributed by atoms with Crippen LogP contribution in [0.4, 0.5) is 0 Å². The molecule has 0 heterocycles. The molecule has 0 bridgehead atoms. The van der Waals surface area contributed by atoms with Gasteiger partial charge in [-0.1, -0.05) is 25.1 Å². The van der Waals surface area contributed by atoms with E-state index < -0.39 is 0 Å². The second kappa shape index (κ2) is 7.88. The van der Waals surface area contributed by atoms with Crippen LogP contribution < -0.4 is 0 Å². The molecule has 4 heteroatoms. The Morgan fingerprint density at radius 1 is 1.40 bits per heavy atom. The van der Waals surface area contributed by atoms with E-state index in [-0.39, 0.29) is 42.1 Å². The summed E-state index contributed by atoms with van der Waals surface area (Å²) in [5.74, 6) is -0.364. The van der Waals surface area contributed by atoms with Gasteiger partial charge >= 0.3 is 5.97 Å². The smallest absolute Gasteiger partial charge is 0.338 e. The number of aliphatic hydroxyl groups is 1. The fraction of sp³-hybridized carbons (Fsp3) is 0.364. The van der Waals surface area contributed by atoms with Crippen molar-refractivity contribution in [3.8, 4) is 0 Å². The third-order valence-electron chi connectivity index (χ3n) is 1.84. The van der Waals surface area contributed by atoms with E-state index in [4.69, 9.17) is 9.84 Å². The molecule has 15 heavy (non-hydrogen) atoms. The molecule has 0 aromatic heterocycles. The van der Waals surface area contributed by atoms with Crippen molar-refractivity contribution in [1.82, 2.24) is 0 Å². The molecule has 0 aliphatic heterocycles. The van der Waals surface area contributed by atoms with Crippen LogP contribution in [0.5, 0.6) is 0 Å². The summed E-state index contributed by atoms with van der Waals surface area (Å²) in [6.45, 7) is 2.21. The topological polar surface area (TPSA) is 46.5 Å². The molecule has 3 nitrogen and oxygen atoms in total. The molecule has 1 radical (unpaired) electrons. The van der Waals surface area contributed by atoms with Gasteiger partial charge in [-0.15, -0.1) is 0 Å². The zero-order valence-electron chi connectivity index (χ0n) is 9.19. The predicted octanol–water partition coefficient (Wildman–Crippen LogP) is 1.36. The molecule has 0 saturated carbocycles. The average Bonchev–Trinajstić information content (AvgIpc) is 2.25. The van der Waals surface area contributed by atoms with Crippen molar-refractivity contribution >= 4 is 35.5 Å². The van der Waals surface area contributed by atoms with Gasteiger partial charge in [0.05, 0.1) is 18.8 Å². The Kier molecular flexibility index (Phi) is 7.70. The van der Waals surface area contributed by atoms with Crippen molar-refractivity contribution in [2.45, 2.75) is 20.0 Å². The van der Waals surface area contributed by atoms with E-state index in [0.29, 0.717) is 17.7 Å². The predicted molar refractivity (Wildman–Crippen MR) is 58.7 cm³/mol. The van der Waals surface area contributed by atoms with Crippen molar-refractivity contribution in [3.63, 3.8) is 0 Å². The molecule has 0 aliphatic carbocycles. The molecule has 0 saturated heterocycles. The average molecular weight is 217 g/mol. The number of aliphatic hydroxyl groups excluding tert-OH is 1. The fourth-order valence-electron chi connectivity index (χ4n) is 1.13. The monoisotopic (exact) mass is 217 g/mol. The zero-order valence-corrected chi connectivity index (χ0v) is 11.2. The molecule has 0 aliphatic rings. The maximum absolute atomic E-state index is 11.4. The zero-order chi connectivity index (χ0) is 10.4. The molecule has 0 spiro atoms. The van der Waals surface area contributed by atoms with E-state index in [1.807, 2.05) is 6.92 Å². The van der Waals surface area contributed by atoms with E-state index in [1.165, 1.54) is 0 Å². The number of esters is 1. The number of rotatable bonds is 4. The maximum Gasteiger partial charge on any atom is 0.338 e. The number of ether oxygens (including phenoxy) is 1. The summed E-state index contributed by atoms with van der Waals surface area (Å²) in [7, 11) is 0. The first kappa shape index (κ1) is 14.6. The number of carbonyl (C=O) groups is 1. The molecule has 1 aromatic rings. The van der Waals surface area contributed by atoms with Crippen molar-refractivity contribution in [2.75, 3.05) is 6.61 Å². The minimum Gasteiger partial charge on any atom is -0.462 e. The Bertz CT molecular complexity index is 312. The molecule has 0 unspecified atom stereocenters.